The van der Waals surface area contributed by atoms with Gasteiger partial charge in [0.2, 0.25) is 5.91 Å². The van der Waals surface area contributed by atoms with Crippen molar-refractivity contribution in [2.75, 3.05) is 0 Å². The van der Waals surface area contributed by atoms with Crippen molar-refractivity contribution in [1.29, 1.82) is 0 Å². The lowest BCUT2D eigenvalue weighted by Gasteiger charge is -2.24. The van der Waals surface area contributed by atoms with Crippen molar-refractivity contribution in [2.45, 2.75) is 77.4 Å². The molecule has 1 amide bonds. The predicted molar refractivity (Wildman–Crippen MR) is 84.6 cm³/mol. The standard InChI is InChI=1S/C17H27N3O2/c1-10(8-14-11(2)20-22-12(14)3)18-17(21)16-9-13-6-4-5-7-15(13)19-16/h10,13,15-16,19H,4-9H2,1-3H3,(H,18,21). The minimum atomic E-state index is -0.0137. The summed E-state index contributed by atoms with van der Waals surface area (Å²) in [7, 11) is 0. The largest absolute Gasteiger partial charge is 0.361 e. The molecule has 2 fully saturated rings. The molecule has 0 radical (unpaired) electrons. The highest BCUT2D eigenvalue weighted by molar-refractivity contribution is 5.82. The van der Waals surface area contributed by atoms with Crippen LogP contribution in [0.3, 0.4) is 0 Å². The third-order valence-electron chi connectivity index (χ3n) is 5.26. The Kier molecular flexibility index (Phi) is 4.52. The maximum atomic E-state index is 12.5. The van der Waals surface area contributed by atoms with E-state index in [-0.39, 0.29) is 18.0 Å². The fraction of sp³-hybridized carbons (Fsp3) is 0.765. The van der Waals surface area contributed by atoms with E-state index in [0.29, 0.717) is 12.0 Å². The van der Waals surface area contributed by atoms with Crippen molar-refractivity contribution in [3.63, 3.8) is 0 Å². The molecule has 22 heavy (non-hydrogen) atoms. The number of nitrogens with one attached hydrogen (secondary N) is 2. The molecule has 5 heteroatoms. The van der Waals surface area contributed by atoms with Gasteiger partial charge in [-0.1, -0.05) is 18.0 Å². The summed E-state index contributed by atoms with van der Waals surface area (Å²) in [5.74, 6) is 1.69. The van der Waals surface area contributed by atoms with Gasteiger partial charge in [0.25, 0.3) is 0 Å². The highest BCUT2D eigenvalue weighted by atomic mass is 16.5. The van der Waals surface area contributed by atoms with Gasteiger partial charge in [-0.15, -0.1) is 0 Å². The number of amides is 1. The number of carbonyl (C=O) groups is 1. The molecule has 1 aliphatic heterocycles. The van der Waals surface area contributed by atoms with E-state index in [9.17, 15) is 4.79 Å². The zero-order valence-corrected chi connectivity index (χ0v) is 13.8. The van der Waals surface area contributed by atoms with Gasteiger partial charge in [-0.05, 0) is 52.4 Å². The minimum Gasteiger partial charge on any atom is -0.361 e. The molecular formula is C17H27N3O2. The Hall–Kier alpha value is -1.36. The number of hydrogen-bond acceptors (Lipinski definition) is 4. The van der Waals surface area contributed by atoms with Crippen LogP contribution in [0.25, 0.3) is 0 Å². The van der Waals surface area contributed by atoms with Gasteiger partial charge in [0, 0.05) is 17.6 Å². The van der Waals surface area contributed by atoms with Crippen LogP contribution in [-0.4, -0.2) is 29.2 Å². The van der Waals surface area contributed by atoms with E-state index in [1.54, 1.807) is 0 Å². The van der Waals surface area contributed by atoms with Crippen LogP contribution in [0.4, 0.5) is 0 Å². The van der Waals surface area contributed by atoms with Crippen LogP contribution in [-0.2, 0) is 11.2 Å². The van der Waals surface area contributed by atoms with Gasteiger partial charge in [-0.3, -0.25) is 4.79 Å². The van der Waals surface area contributed by atoms with E-state index in [1.807, 2.05) is 20.8 Å². The van der Waals surface area contributed by atoms with Crippen molar-refractivity contribution in [1.82, 2.24) is 15.8 Å². The molecule has 0 spiro atoms. The molecule has 3 rings (SSSR count). The third-order valence-corrected chi connectivity index (χ3v) is 5.26. The molecule has 1 aromatic rings. The molecule has 0 bridgehead atoms. The number of aromatic nitrogens is 1. The molecule has 2 N–H and O–H groups in total. The van der Waals surface area contributed by atoms with E-state index in [4.69, 9.17) is 4.52 Å². The second-order valence-electron chi connectivity index (χ2n) is 7.02. The first-order valence-corrected chi connectivity index (χ1v) is 8.52. The van der Waals surface area contributed by atoms with Crippen LogP contribution < -0.4 is 10.6 Å². The summed E-state index contributed by atoms with van der Waals surface area (Å²) >= 11 is 0. The predicted octanol–water partition coefficient (Wildman–Crippen LogP) is 2.26. The lowest BCUT2D eigenvalue weighted by Crippen LogP contribution is -2.46. The molecule has 122 valence electrons. The summed E-state index contributed by atoms with van der Waals surface area (Å²) in [6.45, 7) is 5.92. The molecule has 4 unspecified atom stereocenters. The van der Waals surface area contributed by atoms with E-state index in [2.05, 4.69) is 15.8 Å². The normalized spacial score (nSPS) is 29.1. The van der Waals surface area contributed by atoms with Crippen LogP contribution in [0.5, 0.6) is 0 Å². The van der Waals surface area contributed by atoms with Crippen LogP contribution in [0.15, 0.2) is 4.52 Å². The second-order valence-corrected chi connectivity index (χ2v) is 7.02. The van der Waals surface area contributed by atoms with Crippen molar-refractivity contribution in [3.8, 4) is 0 Å². The number of fused-ring (bicyclic) bond motifs is 1. The number of carbonyl (C=O) groups excluding carboxylic acids is 1. The average Bonchev–Trinajstić information content (AvgIpc) is 3.05. The van der Waals surface area contributed by atoms with Gasteiger partial charge in [0.05, 0.1) is 11.7 Å². The first kappa shape index (κ1) is 15.5. The van der Waals surface area contributed by atoms with E-state index in [0.717, 1.165) is 29.9 Å². The van der Waals surface area contributed by atoms with E-state index in [1.165, 1.54) is 25.7 Å². The number of aryl methyl sites for hydroxylation is 2. The zero-order chi connectivity index (χ0) is 15.7. The van der Waals surface area contributed by atoms with Crippen LogP contribution >= 0.6 is 0 Å². The fourth-order valence-corrected chi connectivity index (χ4v) is 4.02. The lowest BCUT2D eigenvalue weighted by atomic mass is 9.85. The zero-order valence-electron chi connectivity index (χ0n) is 13.8. The fourth-order valence-electron chi connectivity index (χ4n) is 4.02. The summed E-state index contributed by atoms with van der Waals surface area (Å²) in [6.07, 6.45) is 6.88. The highest BCUT2D eigenvalue weighted by Gasteiger charge is 2.38. The summed E-state index contributed by atoms with van der Waals surface area (Å²) in [5.41, 5.74) is 2.03. The average molecular weight is 305 g/mol. The Morgan fingerprint density at radius 2 is 2.18 bits per heavy atom. The van der Waals surface area contributed by atoms with E-state index >= 15 is 0 Å². The quantitative estimate of drug-likeness (QED) is 0.895. The van der Waals surface area contributed by atoms with E-state index < -0.39 is 0 Å². The Labute approximate surface area is 132 Å². The first-order chi connectivity index (χ1) is 10.5. The van der Waals surface area contributed by atoms with Crippen molar-refractivity contribution < 1.29 is 9.32 Å². The minimum absolute atomic E-state index is 0.0137. The van der Waals surface area contributed by atoms with Gasteiger partial charge in [-0.25, -0.2) is 0 Å². The van der Waals surface area contributed by atoms with Crippen LogP contribution in [0.1, 0.15) is 56.0 Å². The topological polar surface area (TPSA) is 67.2 Å². The Bertz CT molecular complexity index is 507. The Balaban J connectivity index is 1.53. The smallest absolute Gasteiger partial charge is 0.237 e. The molecule has 2 heterocycles. The summed E-state index contributed by atoms with van der Waals surface area (Å²) in [4.78, 5) is 12.5. The summed E-state index contributed by atoms with van der Waals surface area (Å²) < 4.78 is 5.19. The molecule has 4 atom stereocenters. The van der Waals surface area contributed by atoms with Gasteiger partial charge < -0.3 is 15.2 Å². The van der Waals surface area contributed by atoms with Crippen molar-refractivity contribution in [2.24, 2.45) is 5.92 Å². The molecule has 1 saturated carbocycles. The maximum absolute atomic E-state index is 12.5. The van der Waals surface area contributed by atoms with Gasteiger partial charge in [0.15, 0.2) is 0 Å². The van der Waals surface area contributed by atoms with Crippen LogP contribution in [0.2, 0.25) is 0 Å². The maximum Gasteiger partial charge on any atom is 0.237 e. The van der Waals surface area contributed by atoms with Gasteiger partial charge in [0.1, 0.15) is 5.76 Å². The SMILES string of the molecule is Cc1noc(C)c1CC(C)NC(=O)C1CC2CCCCC2N1. The molecule has 1 aromatic heterocycles. The Morgan fingerprint density at radius 1 is 1.41 bits per heavy atom. The summed E-state index contributed by atoms with van der Waals surface area (Å²) in [6, 6.07) is 0.635. The van der Waals surface area contributed by atoms with Gasteiger partial charge >= 0.3 is 0 Å². The number of rotatable bonds is 4. The third kappa shape index (κ3) is 3.19. The molecular weight excluding hydrogens is 278 g/mol. The molecule has 0 aromatic carbocycles. The van der Waals surface area contributed by atoms with Crippen molar-refractivity contribution in [3.05, 3.63) is 17.0 Å². The molecule has 1 aliphatic carbocycles. The first-order valence-electron chi connectivity index (χ1n) is 8.52. The van der Waals surface area contributed by atoms with Gasteiger partial charge in [-0.2, -0.15) is 0 Å². The van der Waals surface area contributed by atoms with Crippen molar-refractivity contribution >= 4 is 5.91 Å². The Morgan fingerprint density at radius 3 is 2.86 bits per heavy atom. The monoisotopic (exact) mass is 305 g/mol. The summed E-state index contributed by atoms with van der Waals surface area (Å²) in [5, 5.41) is 10.7. The second kappa shape index (κ2) is 6.41. The molecule has 5 nitrogen and oxygen atoms in total. The highest BCUT2D eigenvalue weighted by Crippen LogP contribution is 2.33. The molecule has 1 saturated heterocycles. The van der Waals surface area contributed by atoms with Crippen LogP contribution in [0, 0.1) is 19.8 Å². The molecule has 2 aliphatic rings. The number of nitrogens with zero attached hydrogens (tertiary/aromatic N) is 1. The lowest BCUT2D eigenvalue weighted by molar-refractivity contribution is -0.123. The number of hydrogen-bond donors (Lipinski definition) is 2.